The normalized spacial score (nSPS) is 12.0. The molecule has 2 N–H and O–H groups in total. The van der Waals surface area contributed by atoms with E-state index < -0.39 is 12.6 Å². The van der Waals surface area contributed by atoms with Crippen molar-refractivity contribution in [3.63, 3.8) is 0 Å². The van der Waals surface area contributed by atoms with E-state index in [2.05, 4.69) is 10.2 Å². The van der Waals surface area contributed by atoms with Crippen molar-refractivity contribution in [1.82, 2.24) is 0 Å². The summed E-state index contributed by atoms with van der Waals surface area (Å²) in [5, 5.41) is 6.91. The quantitative estimate of drug-likeness (QED) is 0.448. The molecular formula is C2H4O3. The van der Waals surface area contributed by atoms with Gasteiger partial charge in [0, 0.05) is 0 Å². The largest absolute Gasteiger partial charge is 0.480 e. The van der Waals surface area contributed by atoms with Crippen LogP contribution in [0.5, 0.6) is 0 Å². The summed E-state index contributed by atoms with van der Waals surface area (Å²) in [6.45, 7) is -0.483. The molecule has 0 saturated carbocycles. The van der Waals surface area contributed by atoms with Gasteiger partial charge >= 0.3 is 5.97 Å². The van der Waals surface area contributed by atoms with E-state index in [1.54, 1.807) is 0 Å². The van der Waals surface area contributed by atoms with Crippen LogP contribution >= 0.6 is 0 Å². The van der Waals surface area contributed by atoms with Gasteiger partial charge in [0.15, 0.2) is 0 Å². The van der Waals surface area contributed by atoms with Crippen LogP contribution in [0.3, 0.4) is 0 Å². The third-order valence-corrected chi connectivity index (χ3v) is 0.118. The fourth-order valence-corrected chi connectivity index (χ4v) is 0. The Bertz CT molecular complexity index is 64.0. The third-order valence-electron chi connectivity index (χ3n) is 0.118. The van der Waals surface area contributed by atoms with E-state index in [0.29, 0.717) is 0 Å². The first-order valence-electron chi connectivity index (χ1n) is 1.87. The van der Waals surface area contributed by atoms with Crippen LogP contribution in [0.1, 0.15) is 0 Å². The summed E-state index contributed by atoms with van der Waals surface area (Å²) in [7, 11) is 0. The van der Waals surface area contributed by atoms with Gasteiger partial charge in [0.05, 0.1) is 0 Å². The molecule has 0 heterocycles. The monoisotopic (exact) mass is 78.0 g/mol. The van der Waals surface area contributed by atoms with Crippen molar-refractivity contribution in [3.05, 3.63) is 0 Å². The molecular weight excluding hydrogens is 72.0 g/mol. The maximum atomic E-state index is 9.76. The van der Waals surface area contributed by atoms with Crippen molar-refractivity contribution < 1.29 is 15.0 Å². The number of carboxylic acid groups (broad SMARTS) is 1. The number of carboxylic acids is 1. The van der Waals surface area contributed by atoms with Gasteiger partial charge in [-0.05, 0) is 0 Å². The average molecular weight is 78.1 g/mol. The second-order valence-electron chi connectivity index (χ2n) is 0.516. The lowest BCUT2D eigenvalue weighted by molar-refractivity contribution is -0.140. The fraction of sp³-hybridized carbons (Fsp3) is 0.500. The zero-order valence-electron chi connectivity index (χ0n) is 4.43. The van der Waals surface area contributed by atoms with Gasteiger partial charge in [-0.1, -0.05) is 0 Å². The number of hydrogen-bond donors (Lipinski definition) is 2. The molecule has 30 valence electrons. The minimum atomic E-state index is -0.866. The van der Waals surface area contributed by atoms with Crippen molar-refractivity contribution in [3.8, 4) is 0 Å². The summed E-state index contributed by atoms with van der Waals surface area (Å²) in [5.74, 6) is -0.866. The van der Waals surface area contributed by atoms with Crippen molar-refractivity contribution in [2.75, 3.05) is 6.61 Å². The fourth-order valence-electron chi connectivity index (χ4n) is 0. The average Bonchev–Trinajstić information content (AvgIpc) is 1.68. The second kappa shape index (κ2) is 1.72. The van der Waals surface area contributed by atoms with Crippen molar-refractivity contribution in [1.29, 1.82) is 2.86 Å². The van der Waals surface area contributed by atoms with E-state index >= 15 is 0 Å². The second-order valence-corrected chi connectivity index (χ2v) is 0.516. The molecule has 0 aliphatic heterocycles. The Balaban J connectivity index is 3.00. The highest BCUT2D eigenvalue weighted by Gasteiger charge is 1.82. The van der Waals surface area contributed by atoms with E-state index in [1.165, 1.54) is 0 Å². The zero-order chi connectivity index (χ0) is 5.70. The summed E-state index contributed by atoms with van der Waals surface area (Å²) in [5.41, 5.74) is 0. The highest BCUT2D eigenvalue weighted by Crippen LogP contribution is 1.48. The molecule has 0 aliphatic carbocycles. The number of hydrogen-bond acceptors (Lipinski definition) is 3. The molecule has 3 heteroatoms. The standard InChI is InChI=1S/C2H4O3/c3-1-2(4)5/h3H,1H2,(H,4,5)/i3D/hD. The molecule has 0 amide bonds. The Labute approximate surface area is 31.8 Å². The lowest BCUT2D eigenvalue weighted by Gasteiger charge is -1.72. The molecule has 0 bridgehead atoms. The summed E-state index contributed by atoms with van der Waals surface area (Å²) in [6, 6.07) is 0. The van der Waals surface area contributed by atoms with E-state index in [-0.39, 0.29) is 0 Å². The van der Waals surface area contributed by atoms with Crippen molar-refractivity contribution in [2.24, 2.45) is 0 Å². The first-order chi connectivity index (χ1) is 3.31. The Morgan fingerprint density at radius 2 is 3.00 bits per heavy atom. The molecule has 0 aromatic carbocycles. The lowest BCUT2D eigenvalue weighted by Crippen LogP contribution is -1.98. The maximum absolute atomic E-state index is 9.76. The first-order valence-corrected chi connectivity index (χ1v) is 1.05. The predicted molar refractivity (Wildman–Crippen MR) is 14.7 cm³/mol. The van der Waals surface area contributed by atoms with Crippen LogP contribution < -0.4 is 0 Å². The Morgan fingerprint density at radius 3 is 3.20 bits per heavy atom. The Hall–Kier alpha value is -0.570. The highest BCUT2D eigenvalue weighted by molar-refractivity contribution is 5.67. The summed E-state index contributed by atoms with van der Waals surface area (Å²) in [4.78, 5) is 9.76. The zero-order valence-corrected chi connectivity index (χ0v) is 2.43. The smallest absolute Gasteiger partial charge is 0.329 e. The molecule has 0 spiro atoms. The van der Waals surface area contributed by atoms with Gasteiger partial charge in [-0.25, -0.2) is 4.79 Å². The third kappa shape index (κ3) is 3.43. The van der Waals surface area contributed by atoms with Crippen LogP contribution in [0, 0.1) is 0 Å². The van der Waals surface area contributed by atoms with E-state index in [1.807, 2.05) is 0 Å². The summed E-state index contributed by atoms with van der Waals surface area (Å²) in [6.07, 6.45) is 0. The number of carbonyl (C=O) groups is 1. The molecule has 0 fully saturated rings. The minimum absolute atomic E-state index is 0.483. The summed E-state index contributed by atoms with van der Waals surface area (Å²) >= 11 is 0. The van der Waals surface area contributed by atoms with Crippen LogP contribution in [0.2, 0.25) is 0 Å². The van der Waals surface area contributed by atoms with Gasteiger partial charge in [0.2, 0.25) is 1.43 Å². The molecule has 0 rings (SSSR count). The maximum Gasteiger partial charge on any atom is 0.329 e. The Kier molecular flexibility index (Phi) is 0.609. The van der Waals surface area contributed by atoms with E-state index in [9.17, 15) is 4.79 Å². The number of rotatable bonds is 2. The summed E-state index contributed by atoms with van der Waals surface area (Å²) < 4.78 is 11.9. The van der Waals surface area contributed by atoms with Gasteiger partial charge < -0.3 is 10.2 Å². The lowest BCUT2D eigenvalue weighted by atomic mass is 10.8. The van der Waals surface area contributed by atoms with E-state index in [0.717, 1.165) is 0 Å². The van der Waals surface area contributed by atoms with Crippen LogP contribution in [-0.4, -0.2) is 24.2 Å². The van der Waals surface area contributed by atoms with Crippen LogP contribution in [0.4, 0.5) is 0 Å². The number of aliphatic carboxylic acids is 1. The van der Waals surface area contributed by atoms with Crippen LogP contribution in [0.15, 0.2) is 0 Å². The minimum Gasteiger partial charge on any atom is -0.480 e. The van der Waals surface area contributed by atoms with E-state index in [4.69, 9.17) is 2.86 Å². The first kappa shape index (κ1) is 1.77. The van der Waals surface area contributed by atoms with Gasteiger partial charge in [0.25, 0.3) is 1.43 Å². The SMILES string of the molecule is [2H]OCC(=O)O[2H]. The molecule has 0 atom stereocenters. The van der Waals surface area contributed by atoms with Crippen molar-refractivity contribution >= 4 is 5.97 Å². The van der Waals surface area contributed by atoms with Gasteiger partial charge in [-0.3, -0.25) is 0 Å². The molecule has 0 saturated heterocycles. The van der Waals surface area contributed by atoms with Gasteiger partial charge in [0.1, 0.15) is 6.61 Å². The van der Waals surface area contributed by atoms with Gasteiger partial charge in [-0.2, -0.15) is 0 Å². The van der Waals surface area contributed by atoms with Crippen LogP contribution in [0.25, 0.3) is 1.43 Å². The molecule has 3 nitrogen and oxygen atoms in total. The molecule has 0 aliphatic rings. The molecule has 0 aromatic rings. The highest BCUT2D eigenvalue weighted by atomic mass is 16.4. The van der Waals surface area contributed by atoms with Gasteiger partial charge in [-0.15, -0.1) is 0 Å². The molecule has 0 radical (unpaired) electrons. The molecule has 0 aromatic heterocycles. The van der Waals surface area contributed by atoms with Crippen LogP contribution in [-0.2, 0) is 4.79 Å². The van der Waals surface area contributed by atoms with Crippen molar-refractivity contribution in [2.45, 2.75) is 0 Å². The number of aliphatic hydroxyl groups is 1. The topological polar surface area (TPSA) is 57.5 Å². The number of aliphatic hydroxyl groups excluding tert-OH is 1. The molecule has 5 heavy (non-hydrogen) atoms. The Morgan fingerprint density at radius 1 is 2.20 bits per heavy atom. The predicted octanol–water partition coefficient (Wildman–Crippen LogP) is -0.937. The molecule has 0 unspecified atom stereocenters.